The molecule has 0 bridgehead atoms. The minimum Gasteiger partial charge on any atom is -0.462 e. The van der Waals surface area contributed by atoms with Crippen LogP contribution in [0, 0.1) is 0 Å². The number of hydrogen-bond donors (Lipinski definition) is 1. The van der Waals surface area contributed by atoms with Gasteiger partial charge in [-0.15, -0.1) is 0 Å². The van der Waals surface area contributed by atoms with Crippen LogP contribution in [0.25, 0.3) is 0 Å². The average molecular weight is 921 g/mol. The lowest BCUT2D eigenvalue weighted by atomic mass is 10.0. The molecule has 0 aliphatic carbocycles. The smallest absolute Gasteiger partial charge is 0.462 e. The van der Waals surface area contributed by atoms with Crippen molar-refractivity contribution in [3.63, 3.8) is 0 Å². The molecule has 1 unspecified atom stereocenters. The Kier molecular flexibility index (Phi) is 44.2. The van der Waals surface area contributed by atoms with Crippen LogP contribution in [-0.2, 0) is 32.7 Å². The molecule has 0 saturated heterocycles. The number of phosphoric acid groups is 1. The molecule has 64 heavy (non-hydrogen) atoms. The Labute approximate surface area is 394 Å². The zero-order chi connectivity index (χ0) is 47.1. The quantitative estimate of drug-likeness (QED) is 0.0211. The number of nitrogens with zero attached hydrogens (tertiary/aromatic N) is 1. The van der Waals surface area contributed by atoms with E-state index in [4.69, 9.17) is 18.5 Å². The van der Waals surface area contributed by atoms with Crippen molar-refractivity contribution in [2.75, 3.05) is 47.5 Å². The summed E-state index contributed by atoms with van der Waals surface area (Å²) in [6.45, 7) is 4.37. The van der Waals surface area contributed by atoms with Crippen LogP contribution in [-0.4, -0.2) is 74.9 Å². The van der Waals surface area contributed by atoms with Gasteiger partial charge in [-0.2, -0.15) is 0 Å². The predicted octanol–water partition coefficient (Wildman–Crippen LogP) is 15.6. The second kappa shape index (κ2) is 45.8. The summed E-state index contributed by atoms with van der Waals surface area (Å²) in [6.07, 6.45) is 57.0. The van der Waals surface area contributed by atoms with Gasteiger partial charge in [-0.3, -0.25) is 18.6 Å². The molecule has 1 N–H and O–H groups in total. The van der Waals surface area contributed by atoms with Gasteiger partial charge in [0.25, 0.3) is 0 Å². The Bertz CT molecular complexity index is 1270. The van der Waals surface area contributed by atoms with E-state index in [9.17, 15) is 19.0 Å². The Morgan fingerprint density at radius 1 is 0.484 bits per heavy atom. The number of carbonyl (C=O) groups excluding carboxylic acids is 2. The first-order valence-corrected chi connectivity index (χ1v) is 27.5. The number of phosphoric ester groups is 1. The van der Waals surface area contributed by atoms with E-state index in [2.05, 4.69) is 74.6 Å². The van der Waals surface area contributed by atoms with Crippen LogP contribution < -0.4 is 0 Å². The summed E-state index contributed by atoms with van der Waals surface area (Å²) in [6, 6.07) is 0. The van der Waals surface area contributed by atoms with E-state index in [0.717, 1.165) is 57.8 Å². The normalized spacial score (nSPS) is 13.9. The molecule has 10 heteroatoms. The number of carbonyl (C=O) groups is 2. The van der Waals surface area contributed by atoms with Crippen LogP contribution in [0.1, 0.15) is 219 Å². The number of esters is 2. The Balaban J connectivity index is 4.30. The van der Waals surface area contributed by atoms with Crippen molar-refractivity contribution in [2.45, 2.75) is 225 Å². The standard InChI is InChI=1S/C54H98NO8P/c1-6-8-10-12-14-16-18-20-22-24-26-27-29-30-32-34-36-38-40-42-44-46-53(56)60-50-52(51-62-64(58,59)61-49-48-55(3,4)5)63-54(57)47-45-43-41-39-37-35-33-31-28-25-23-21-19-17-15-13-11-9-7-2/h15,17,20-23,28,31,35,37,52H,6-14,16,18-19,24-27,29-30,32-34,36,38-51H2,1-5H3/p+1/b17-15+,22-20+,23-21+,31-28+,37-35+/t52-/m1/s1. The monoisotopic (exact) mass is 921 g/mol. The summed E-state index contributed by atoms with van der Waals surface area (Å²) in [7, 11) is 1.45. The first-order valence-electron chi connectivity index (χ1n) is 26.0. The van der Waals surface area contributed by atoms with Crippen LogP contribution in [0.3, 0.4) is 0 Å². The number of hydrogen-bond acceptors (Lipinski definition) is 7. The van der Waals surface area contributed by atoms with Gasteiger partial charge in [0, 0.05) is 12.8 Å². The van der Waals surface area contributed by atoms with Gasteiger partial charge in [0.15, 0.2) is 6.10 Å². The highest BCUT2D eigenvalue weighted by atomic mass is 31.2. The largest absolute Gasteiger partial charge is 0.472 e. The van der Waals surface area contributed by atoms with Crippen LogP contribution in [0.15, 0.2) is 60.8 Å². The molecular weight excluding hydrogens is 822 g/mol. The second-order valence-electron chi connectivity index (χ2n) is 18.5. The van der Waals surface area contributed by atoms with Crippen molar-refractivity contribution in [3.8, 4) is 0 Å². The Morgan fingerprint density at radius 3 is 1.31 bits per heavy atom. The predicted molar refractivity (Wildman–Crippen MR) is 270 cm³/mol. The summed E-state index contributed by atoms with van der Waals surface area (Å²) < 4.78 is 34.4. The fraction of sp³-hybridized carbons (Fsp3) is 0.778. The number of rotatable bonds is 47. The highest BCUT2D eigenvalue weighted by molar-refractivity contribution is 7.47. The molecule has 372 valence electrons. The number of quaternary nitrogens is 1. The molecule has 0 aromatic rings. The first kappa shape index (κ1) is 61.7. The van der Waals surface area contributed by atoms with E-state index in [0.29, 0.717) is 17.4 Å². The average Bonchev–Trinajstić information content (AvgIpc) is 3.25. The summed E-state index contributed by atoms with van der Waals surface area (Å²) in [5, 5.41) is 0. The van der Waals surface area contributed by atoms with Crippen molar-refractivity contribution in [1.82, 2.24) is 0 Å². The fourth-order valence-electron chi connectivity index (χ4n) is 6.93. The lowest BCUT2D eigenvalue weighted by Crippen LogP contribution is -2.37. The Morgan fingerprint density at radius 2 is 0.844 bits per heavy atom. The van der Waals surface area contributed by atoms with Crippen LogP contribution in [0.5, 0.6) is 0 Å². The zero-order valence-electron chi connectivity index (χ0n) is 42.0. The molecule has 0 spiro atoms. The van der Waals surface area contributed by atoms with Gasteiger partial charge in [0.05, 0.1) is 27.7 Å². The minimum atomic E-state index is -4.39. The van der Waals surface area contributed by atoms with E-state index in [1.165, 1.54) is 128 Å². The van der Waals surface area contributed by atoms with E-state index in [1.54, 1.807) is 0 Å². The molecule has 0 aliphatic rings. The summed E-state index contributed by atoms with van der Waals surface area (Å²) >= 11 is 0. The van der Waals surface area contributed by atoms with Crippen molar-refractivity contribution in [1.29, 1.82) is 0 Å². The van der Waals surface area contributed by atoms with Gasteiger partial charge >= 0.3 is 19.8 Å². The fourth-order valence-corrected chi connectivity index (χ4v) is 7.68. The first-order chi connectivity index (χ1) is 31.0. The van der Waals surface area contributed by atoms with E-state index >= 15 is 0 Å². The lowest BCUT2D eigenvalue weighted by Gasteiger charge is -2.24. The molecule has 0 aromatic carbocycles. The van der Waals surface area contributed by atoms with Gasteiger partial charge in [-0.1, -0.05) is 184 Å². The molecule has 0 amide bonds. The van der Waals surface area contributed by atoms with Crippen LogP contribution in [0.4, 0.5) is 0 Å². The van der Waals surface area contributed by atoms with Gasteiger partial charge in [0.1, 0.15) is 19.8 Å². The van der Waals surface area contributed by atoms with Gasteiger partial charge < -0.3 is 18.9 Å². The topological polar surface area (TPSA) is 108 Å². The second-order valence-corrected chi connectivity index (χ2v) is 20.0. The zero-order valence-corrected chi connectivity index (χ0v) is 42.9. The van der Waals surface area contributed by atoms with E-state index in [-0.39, 0.29) is 32.0 Å². The molecule has 0 fully saturated rings. The molecular formula is C54H99NO8P+. The minimum absolute atomic E-state index is 0.0233. The van der Waals surface area contributed by atoms with Gasteiger partial charge in [-0.05, 0) is 83.5 Å². The molecule has 0 aliphatic heterocycles. The third-order valence-corrected chi connectivity index (χ3v) is 12.0. The van der Waals surface area contributed by atoms with Crippen LogP contribution in [0.2, 0.25) is 0 Å². The van der Waals surface area contributed by atoms with Crippen molar-refractivity contribution >= 4 is 19.8 Å². The maximum atomic E-state index is 12.7. The van der Waals surface area contributed by atoms with Gasteiger partial charge in [-0.25, -0.2) is 4.57 Å². The van der Waals surface area contributed by atoms with Crippen LogP contribution >= 0.6 is 7.82 Å². The summed E-state index contributed by atoms with van der Waals surface area (Å²) in [5.74, 6) is -0.833. The highest BCUT2D eigenvalue weighted by Crippen LogP contribution is 2.43. The molecule has 0 saturated carbocycles. The number of unbranched alkanes of at least 4 members (excludes halogenated alkanes) is 23. The Hall–Kier alpha value is -2.29. The van der Waals surface area contributed by atoms with Gasteiger partial charge in [0.2, 0.25) is 0 Å². The molecule has 0 heterocycles. The molecule has 0 aromatic heterocycles. The molecule has 0 rings (SSSR count). The maximum Gasteiger partial charge on any atom is 0.472 e. The van der Waals surface area contributed by atoms with Crippen molar-refractivity contribution in [2.24, 2.45) is 0 Å². The number of likely N-dealkylation sites (N-methyl/N-ethyl adjacent to an activating group) is 1. The number of allylic oxidation sites excluding steroid dienone is 10. The third-order valence-electron chi connectivity index (χ3n) is 11.0. The molecule has 2 atom stereocenters. The molecule has 0 radical (unpaired) electrons. The summed E-state index contributed by atoms with van der Waals surface area (Å²) in [5.41, 5.74) is 0. The third kappa shape index (κ3) is 49.2. The van der Waals surface area contributed by atoms with E-state index in [1.807, 2.05) is 21.1 Å². The van der Waals surface area contributed by atoms with Crippen molar-refractivity contribution in [3.05, 3.63) is 60.8 Å². The highest BCUT2D eigenvalue weighted by Gasteiger charge is 2.27. The summed E-state index contributed by atoms with van der Waals surface area (Å²) in [4.78, 5) is 35.6. The van der Waals surface area contributed by atoms with Crippen molar-refractivity contribution < 1.29 is 42.1 Å². The SMILES string of the molecule is CCCCC/C=C/C/C=C/C/C=C/C/C=C/CCCCCC(=O)O[C@H](COC(=O)CCCCCCCCCCCCC/C=C/CCCCCCCC)COP(=O)(O)OCC[N+](C)(C)C. The lowest BCUT2D eigenvalue weighted by molar-refractivity contribution is -0.870. The van der Waals surface area contributed by atoms with E-state index < -0.39 is 26.5 Å². The number of ether oxygens (including phenoxy) is 2. The molecule has 9 nitrogen and oxygen atoms in total. The maximum absolute atomic E-state index is 12.7.